The van der Waals surface area contributed by atoms with Gasteiger partial charge in [0.1, 0.15) is 5.82 Å². The van der Waals surface area contributed by atoms with Crippen LogP contribution in [0.2, 0.25) is 0 Å². The lowest BCUT2D eigenvalue weighted by molar-refractivity contribution is 0.0696. The lowest BCUT2D eigenvalue weighted by atomic mass is 10.1. The molecule has 1 aliphatic rings. The summed E-state index contributed by atoms with van der Waals surface area (Å²) in [6.45, 7) is 4.52. The molecular weight excluding hydrogens is 242 g/mol. The quantitative estimate of drug-likeness (QED) is 0.842. The third-order valence-electron chi connectivity index (χ3n) is 3.56. The van der Waals surface area contributed by atoms with E-state index in [4.69, 9.17) is 5.73 Å². The molecule has 5 nitrogen and oxygen atoms in total. The number of aromatic nitrogens is 1. The van der Waals surface area contributed by atoms with E-state index in [9.17, 15) is 9.90 Å². The summed E-state index contributed by atoms with van der Waals surface area (Å²) in [7, 11) is 0. The Hall–Kier alpha value is -1.62. The van der Waals surface area contributed by atoms with Gasteiger partial charge in [-0.1, -0.05) is 13.3 Å². The van der Waals surface area contributed by atoms with Gasteiger partial charge in [-0.2, -0.15) is 0 Å². The Morgan fingerprint density at radius 3 is 2.95 bits per heavy atom. The monoisotopic (exact) mass is 263 g/mol. The van der Waals surface area contributed by atoms with Gasteiger partial charge in [0, 0.05) is 18.8 Å². The topological polar surface area (TPSA) is 79.5 Å². The third-order valence-corrected chi connectivity index (χ3v) is 3.56. The van der Waals surface area contributed by atoms with Crippen LogP contribution < -0.4 is 10.6 Å². The molecule has 0 spiro atoms. The summed E-state index contributed by atoms with van der Waals surface area (Å²) in [5, 5.41) is 9.18. The molecule has 5 heteroatoms. The molecule has 0 radical (unpaired) electrons. The molecule has 0 amide bonds. The van der Waals surface area contributed by atoms with Crippen molar-refractivity contribution < 1.29 is 9.90 Å². The molecule has 2 rings (SSSR count). The average Bonchev–Trinajstić information content (AvgIpc) is 2.87. The van der Waals surface area contributed by atoms with Gasteiger partial charge in [-0.05, 0) is 37.4 Å². The molecule has 104 valence electrons. The normalized spacial score (nSPS) is 18.8. The molecule has 3 N–H and O–H groups in total. The van der Waals surface area contributed by atoms with Crippen LogP contribution in [-0.4, -0.2) is 35.7 Å². The zero-order chi connectivity index (χ0) is 13.8. The van der Waals surface area contributed by atoms with Crippen molar-refractivity contribution in [1.82, 2.24) is 4.98 Å². The number of carboxylic acids is 1. The minimum absolute atomic E-state index is 0.324. The number of hydrogen-bond donors (Lipinski definition) is 2. The molecule has 1 atom stereocenters. The van der Waals surface area contributed by atoms with Crippen molar-refractivity contribution in [2.45, 2.75) is 26.2 Å². The summed E-state index contributed by atoms with van der Waals surface area (Å²) in [5.74, 6) is 0.375. The predicted molar refractivity (Wildman–Crippen MR) is 74.6 cm³/mol. The first-order valence-corrected chi connectivity index (χ1v) is 6.83. The lowest BCUT2D eigenvalue weighted by Crippen LogP contribution is -2.24. The average molecular weight is 263 g/mol. The second kappa shape index (κ2) is 6.02. The Kier molecular flexibility index (Phi) is 4.37. The highest BCUT2D eigenvalue weighted by Crippen LogP contribution is 2.23. The van der Waals surface area contributed by atoms with Gasteiger partial charge in [-0.15, -0.1) is 0 Å². The number of hydrogen-bond acceptors (Lipinski definition) is 4. The summed E-state index contributed by atoms with van der Waals surface area (Å²) in [6, 6.07) is 3.34. The Morgan fingerprint density at radius 2 is 2.37 bits per heavy atom. The van der Waals surface area contributed by atoms with Gasteiger partial charge in [0.2, 0.25) is 0 Å². The van der Waals surface area contributed by atoms with Crippen LogP contribution in [-0.2, 0) is 6.42 Å². The van der Waals surface area contributed by atoms with Crippen LogP contribution in [0.1, 0.15) is 35.8 Å². The number of nitrogens with two attached hydrogens (primary N) is 1. The van der Waals surface area contributed by atoms with Crippen molar-refractivity contribution in [3.63, 3.8) is 0 Å². The van der Waals surface area contributed by atoms with Crippen molar-refractivity contribution in [3.05, 3.63) is 23.4 Å². The molecule has 1 aromatic rings. The zero-order valence-corrected chi connectivity index (χ0v) is 11.3. The SMILES string of the molecule is CCCc1cc(C(=O)O)cc(N2CCC(CN)C2)n1. The molecule has 0 aliphatic carbocycles. The van der Waals surface area contributed by atoms with Crippen LogP contribution in [0.15, 0.2) is 12.1 Å². The second-order valence-electron chi connectivity index (χ2n) is 5.10. The second-order valence-corrected chi connectivity index (χ2v) is 5.10. The van der Waals surface area contributed by atoms with Crippen molar-refractivity contribution in [2.24, 2.45) is 11.7 Å². The van der Waals surface area contributed by atoms with E-state index in [0.29, 0.717) is 18.0 Å². The molecule has 2 heterocycles. The van der Waals surface area contributed by atoms with E-state index in [1.165, 1.54) is 0 Å². The fourth-order valence-corrected chi connectivity index (χ4v) is 2.47. The van der Waals surface area contributed by atoms with Crippen molar-refractivity contribution in [1.29, 1.82) is 0 Å². The van der Waals surface area contributed by atoms with E-state index in [-0.39, 0.29) is 0 Å². The van der Waals surface area contributed by atoms with E-state index in [2.05, 4.69) is 16.8 Å². The number of carbonyl (C=O) groups is 1. The Labute approximate surface area is 113 Å². The minimum Gasteiger partial charge on any atom is -0.478 e. The summed E-state index contributed by atoms with van der Waals surface area (Å²) in [4.78, 5) is 17.9. The third kappa shape index (κ3) is 3.23. The smallest absolute Gasteiger partial charge is 0.335 e. The van der Waals surface area contributed by atoms with Crippen molar-refractivity contribution in [2.75, 3.05) is 24.5 Å². The van der Waals surface area contributed by atoms with Gasteiger partial charge in [0.05, 0.1) is 5.56 Å². The molecule has 0 saturated carbocycles. The van der Waals surface area contributed by atoms with E-state index in [1.807, 2.05) is 0 Å². The zero-order valence-electron chi connectivity index (χ0n) is 11.3. The number of pyridine rings is 1. The van der Waals surface area contributed by atoms with E-state index in [0.717, 1.165) is 43.9 Å². The maximum atomic E-state index is 11.2. The van der Waals surface area contributed by atoms with E-state index >= 15 is 0 Å². The minimum atomic E-state index is -0.893. The Bertz CT molecular complexity index is 462. The first-order chi connectivity index (χ1) is 9.13. The number of aryl methyl sites for hydroxylation is 1. The Morgan fingerprint density at radius 1 is 1.58 bits per heavy atom. The maximum absolute atomic E-state index is 11.2. The van der Waals surface area contributed by atoms with Crippen LogP contribution in [0.4, 0.5) is 5.82 Å². The van der Waals surface area contributed by atoms with Gasteiger partial charge >= 0.3 is 5.97 Å². The van der Waals surface area contributed by atoms with Crippen LogP contribution in [0.3, 0.4) is 0 Å². The highest BCUT2D eigenvalue weighted by molar-refractivity contribution is 5.88. The number of aromatic carboxylic acids is 1. The first-order valence-electron chi connectivity index (χ1n) is 6.83. The first kappa shape index (κ1) is 13.8. The van der Waals surface area contributed by atoms with Gasteiger partial charge in [0.15, 0.2) is 0 Å². The molecule has 0 aromatic carbocycles. The highest BCUT2D eigenvalue weighted by atomic mass is 16.4. The van der Waals surface area contributed by atoms with Crippen molar-refractivity contribution >= 4 is 11.8 Å². The molecule has 1 aliphatic heterocycles. The summed E-state index contributed by atoms with van der Waals surface area (Å²) >= 11 is 0. The molecule has 0 bridgehead atoms. The highest BCUT2D eigenvalue weighted by Gasteiger charge is 2.23. The molecule has 19 heavy (non-hydrogen) atoms. The Balaban J connectivity index is 2.26. The summed E-state index contributed by atoms with van der Waals surface area (Å²) in [5.41, 5.74) is 6.87. The van der Waals surface area contributed by atoms with Crippen molar-refractivity contribution in [3.8, 4) is 0 Å². The van der Waals surface area contributed by atoms with Gasteiger partial charge < -0.3 is 15.7 Å². The molecule has 1 unspecified atom stereocenters. The predicted octanol–water partition coefficient (Wildman–Crippen LogP) is 1.52. The maximum Gasteiger partial charge on any atom is 0.335 e. The fraction of sp³-hybridized carbons (Fsp3) is 0.571. The number of anilines is 1. The van der Waals surface area contributed by atoms with E-state index in [1.54, 1.807) is 12.1 Å². The molecule has 1 aromatic heterocycles. The number of carboxylic acid groups (broad SMARTS) is 1. The van der Waals surface area contributed by atoms with Crippen LogP contribution in [0.25, 0.3) is 0 Å². The molecular formula is C14H21N3O2. The summed E-state index contributed by atoms with van der Waals surface area (Å²) < 4.78 is 0. The van der Waals surface area contributed by atoms with Crippen LogP contribution >= 0.6 is 0 Å². The van der Waals surface area contributed by atoms with Gasteiger partial charge in [-0.25, -0.2) is 9.78 Å². The van der Waals surface area contributed by atoms with E-state index < -0.39 is 5.97 Å². The van der Waals surface area contributed by atoms with Crippen LogP contribution in [0, 0.1) is 5.92 Å². The lowest BCUT2D eigenvalue weighted by Gasteiger charge is -2.18. The van der Waals surface area contributed by atoms with Crippen LogP contribution in [0.5, 0.6) is 0 Å². The molecule has 1 fully saturated rings. The number of nitrogens with zero attached hydrogens (tertiary/aromatic N) is 2. The number of rotatable bonds is 5. The largest absolute Gasteiger partial charge is 0.478 e. The molecule has 1 saturated heterocycles. The fourth-order valence-electron chi connectivity index (χ4n) is 2.47. The standard InChI is InChI=1S/C14H21N3O2/c1-2-3-12-6-11(14(18)19)7-13(16-12)17-5-4-10(8-15)9-17/h6-7,10H,2-5,8-9,15H2,1H3,(H,18,19). The van der Waals surface area contributed by atoms with Gasteiger partial charge in [0.25, 0.3) is 0 Å². The summed E-state index contributed by atoms with van der Waals surface area (Å²) in [6.07, 6.45) is 2.82. The van der Waals surface area contributed by atoms with Gasteiger partial charge in [-0.3, -0.25) is 0 Å².